The lowest BCUT2D eigenvalue weighted by atomic mass is 9.99. The maximum Gasteiger partial charge on any atom is 0.150 e. The summed E-state index contributed by atoms with van der Waals surface area (Å²) < 4.78 is 5.40. The third-order valence-electron chi connectivity index (χ3n) is 5.56. The van der Waals surface area contributed by atoms with Gasteiger partial charge in [-0.3, -0.25) is 9.69 Å². The molecule has 1 saturated heterocycles. The van der Waals surface area contributed by atoms with Crippen molar-refractivity contribution < 1.29 is 9.53 Å². The van der Waals surface area contributed by atoms with Crippen LogP contribution >= 0.6 is 0 Å². The number of carbonyl (C=O) groups is 1. The van der Waals surface area contributed by atoms with E-state index in [1.807, 2.05) is 36.4 Å². The van der Waals surface area contributed by atoms with Gasteiger partial charge in [-0.15, -0.1) is 0 Å². The van der Waals surface area contributed by atoms with E-state index in [1.54, 1.807) is 7.11 Å². The molecule has 0 bridgehead atoms. The second-order valence-electron chi connectivity index (χ2n) is 7.36. The number of methoxy groups -OCH3 is 1. The van der Waals surface area contributed by atoms with Crippen molar-refractivity contribution in [3.05, 3.63) is 83.9 Å². The van der Waals surface area contributed by atoms with E-state index >= 15 is 0 Å². The molecule has 1 fully saturated rings. The maximum atomic E-state index is 10.8. The van der Waals surface area contributed by atoms with Gasteiger partial charge in [0, 0.05) is 44.0 Å². The Labute approximate surface area is 172 Å². The number of ether oxygens (including phenoxy) is 1. The van der Waals surface area contributed by atoms with E-state index in [2.05, 4.69) is 46.2 Å². The number of anilines is 1. The highest BCUT2D eigenvalue weighted by Crippen LogP contribution is 2.28. The molecule has 0 amide bonds. The molecule has 0 N–H and O–H groups in total. The number of piperazine rings is 1. The molecule has 3 aromatic carbocycles. The summed E-state index contributed by atoms with van der Waals surface area (Å²) in [6.45, 7) is 4.94. The largest absolute Gasteiger partial charge is 0.497 e. The lowest BCUT2D eigenvalue weighted by Gasteiger charge is -2.36. The van der Waals surface area contributed by atoms with Crippen molar-refractivity contribution in [2.75, 3.05) is 38.2 Å². The Morgan fingerprint density at radius 2 is 1.66 bits per heavy atom. The molecular formula is C25H26N2O2. The van der Waals surface area contributed by atoms with Gasteiger partial charge in [-0.1, -0.05) is 36.4 Å². The molecule has 0 aliphatic carbocycles. The molecule has 0 unspecified atom stereocenters. The van der Waals surface area contributed by atoms with Crippen molar-refractivity contribution in [3.8, 4) is 16.9 Å². The lowest BCUT2D eigenvalue weighted by Crippen LogP contribution is -2.46. The third-order valence-corrected chi connectivity index (χ3v) is 5.56. The van der Waals surface area contributed by atoms with Gasteiger partial charge in [0.1, 0.15) is 12.0 Å². The van der Waals surface area contributed by atoms with Crippen molar-refractivity contribution in [1.82, 2.24) is 4.90 Å². The molecule has 0 atom stereocenters. The molecule has 4 nitrogen and oxygen atoms in total. The van der Waals surface area contributed by atoms with Gasteiger partial charge in [-0.05, 0) is 53.1 Å². The van der Waals surface area contributed by atoms with Crippen LogP contribution in [0.15, 0.2) is 72.8 Å². The van der Waals surface area contributed by atoms with Crippen LogP contribution < -0.4 is 9.64 Å². The van der Waals surface area contributed by atoms with Crippen LogP contribution in [0.5, 0.6) is 5.75 Å². The Hall–Kier alpha value is -3.11. The molecule has 0 aromatic heterocycles. The summed E-state index contributed by atoms with van der Waals surface area (Å²) in [6, 6.07) is 24.7. The topological polar surface area (TPSA) is 32.8 Å². The highest BCUT2D eigenvalue weighted by atomic mass is 16.5. The molecule has 0 saturated carbocycles. The van der Waals surface area contributed by atoms with Gasteiger partial charge in [0.05, 0.1) is 7.11 Å². The Bertz CT molecular complexity index is 961. The first kappa shape index (κ1) is 19.2. The van der Waals surface area contributed by atoms with E-state index in [-0.39, 0.29) is 0 Å². The fourth-order valence-corrected chi connectivity index (χ4v) is 3.90. The Balaban J connectivity index is 1.44. The second kappa shape index (κ2) is 8.93. The molecule has 4 heteroatoms. The number of rotatable bonds is 6. The van der Waals surface area contributed by atoms with Gasteiger partial charge in [0.2, 0.25) is 0 Å². The zero-order chi connectivity index (χ0) is 20.1. The normalized spacial score (nSPS) is 14.6. The average molecular weight is 386 g/mol. The number of carbonyl (C=O) groups excluding carboxylic acids is 1. The van der Waals surface area contributed by atoms with E-state index in [1.165, 1.54) is 22.4 Å². The average Bonchev–Trinajstić information content (AvgIpc) is 2.80. The predicted octanol–water partition coefficient (Wildman–Crippen LogP) is 4.50. The summed E-state index contributed by atoms with van der Waals surface area (Å²) in [5, 5.41) is 0. The van der Waals surface area contributed by atoms with E-state index in [0.717, 1.165) is 50.3 Å². The Morgan fingerprint density at radius 3 is 2.38 bits per heavy atom. The van der Waals surface area contributed by atoms with E-state index in [4.69, 9.17) is 4.74 Å². The van der Waals surface area contributed by atoms with Gasteiger partial charge in [-0.2, -0.15) is 0 Å². The van der Waals surface area contributed by atoms with E-state index in [9.17, 15) is 4.79 Å². The summed E-state index contributed by atoms with van der Waals surface area (Å²) >= 11 is 0. The first-order chi connectivity index (χ1) is 14.3. The summed E-state index contributed by atoms with van der Waals surface area (Å²) in [5.41, 5.74) is 5.70. The molecule has 3 aromatic rings. The van der Waals surface area contributed by atoms with E-state index in [0.29, 0.717) is 0 Å². The summed E-state index contributed by atoms with van der Waals surface area (Å²) in [6.07, 6.45) is 0.890. The number of hydrogen-bond acceptors (Lipinski definition) is 4. The van der Waals surface area contributed by atoms with Gasteiger partial charge in [0.25, 0.3) is 0 Å². The molecule has 0 radical (unpaired) electrons. The van der Waals surface area contributed by atoms with Gasteiger partial charge < -0.3 is 9.64 Å². The van der Waals surface area contributed by atoms with Crippen LogP contribution in [0.25, 0.3) is 11.1 Å². The van der Waals surface area contributed by atoms with Crippen molar-refractivity contribution in [2.45, 2.75) is 6.54 Å². The standard InChI is InChI=1S/C25H26N2O2/c1-29-24-7-4-6-21(17-24)25-8-3-2-5-22(25)18-26-13-15-27(16-14-26)23-11-9-20(19-28)10-12-23/h2-12,17,19H,13-16,18H2,1H3. The number of aldehydes is 1. The number of hydrogen-bond donors (Lipinski definition) is 0. The minimum atomic E-state index is 0.724. The monoisotopic (exact) mass is 386 g/mol. The summed E-state index contributed by atoms with van der Waals surface area (Å²) in [5.74, 6) is 0.881. The molecule has 148 valence electrons. The third kappa shape index (κ3) is 4.49. The zero-order valence-corrected chi connectivity index (χ0v) is 16.8. The summed E-state index contributed by atoms with van der Waals surface area (Å²) in [4.78, 5) is 15.7. The van der Waals surface area contributed by atoms with Crippen LogP contribution in [0.1, 0.15) is 15.9 Å². The van der Waals surface area contributed by atoms with Gasteiger partial charge in [-0.25, -0.2) is 0 Å². The molecule has 29 heavy (non-hydrogen) atoms. The van der Waals surface area contributed by atoms with Crippen molar-refractivity contribution in [3.63, 3.8) is 0 Å². The zero-order valence-electron chi connectivity index (χ0n) is 16.8. The van der Waals surface area contributed by atoms with Crippen molar-refractivity contribution in [1.29, 1.82) is 0 Å². The van der Waals surface area contributed by atoms with Crippen LogP contribution in [0.4, 0.5) is 5.69 Å². The van der Waals surface area contributed by atoms with Crippen molar-refractivity contribution in [2.24, 2.45) is 0 Å². The fourth-order valence-electron chi connectivity index (χ4n) is 3.90. The molecule has 1 heterocycles. The molecule has 1 aliphatic heterocycles. The fraction of sp³-hybridized carbons (Fsp3) is 0.240. The first-order valence-corrected chi connectivity index (χ1v) is 10.0. The second-order valence-corrected chi connectivity index (χ2v) is 7.36. The van der Waals surface area contributed by atoms with Gasteiger partial charge in [0.15, 0.2) is 0 Å². The minimum absolute atomic E-state index is 0.724. The van der Waals surface area contributed by atoms with Crippen molar-refractivity contribution >= 4 is 12.0 Å². The molecular weight excluding hydrogens is 360 g/mol. The van der Waals surface area contributed by atoms with Crippen LogP contribution in [0, 0.1) is 0 Å². The first-order valence-electron chi connectivity index (χ1n) is 10.0. The number of nitrogens with zero attached hydrogens (tertiary/aromatic N) is 2. The molecule has 0 spiro atoms. The van der Waals surface area contributed by atoms with Gasteiger partial charge >= 0.3 is 0 Å². The van der Waals surface area contributed by atoms with Crippen LogP contribution in [-0.2, 0) is 6.54 Å². The highest BCUT2D eigenvalue weighted by molar-refractivity contribution is 5.75. The SMILES string of the molecule is COc1cccc(-c2ccccc2CN2CCN(c3ccc(C=O)cc3)CC2)c1. The smallest absolute Gasteiger partial charge is 0.150 e. The quantitative estimate of drug-likeness (QED) is 0.584. The van der Waals surface area contributed by atoms with Crippen LogP contribution in [-0.4, -0.2) is 44.5 Å². The molecule has 1 aliphatic rings. The minimum Gasteiger partial charge on any atom is -0.497 e. The summed E-state index contributed by atoms with van der Waals surface area (Å²) in [7, 11) is 1.71. The Morgan fingerprint density at radius 1 is 0.897 bits per heavy atom. The lowest BCUT2D eigenvalue weighted by molar-refractivity contribution is 0.112. The van der Waals surface area contributed by atoms with E-state index < -0.39 is 0 Å². The number of benzene rings is 3. The highest BCUT2D eigenvalue weighted by Gasteiger charge is 2.18. The Kier molecular flexibility index (Phi) is 5.92. The maximum absolute atomic E-state index is 10.8. The predicted molar refractivity (Wildman–Crippen MR) is 118 cm³/mol. The molecule has 4 rings (SSSR count). The van der Waals surface area contributed by atoms with Crippen LogP contribution in [0.3, 0.4) is 0 Å². The van der Waals surface area contributed by atoms with Crippen LogP contribution in [0.2, 0.25) is 0 Å².